The Balaban J connectivity index is 2.28. The summed E-state index contributed by atoms with van der Waals surface area (Å²) in [6, 6.07) is 11.1. The first-order valence-corrected chi connectivity index (χ1v) is 8.53. The molecule has 0 spiro atoms. The van der Waals surface area contributed by atoms with Crippen LogP contribution in [0.5, 0.6) is 0 Å². The molecule has 0 radical (unpaired) electrons. The zero-order valence-corrected chi connectivity index (χ0v) is 14.4. The van der Waals surface area contributed by atoms with Crippen molar-refractivity contribution in [3.63, 3.8) is 0 Å². The summed E-state index contributed by atoms with van der Waals surface area (Å²) in [6.45, 7) is 7.96. The van der Waals surface area contributed by atoms with Gasteiger partial charge in [-0.15, -0.1) is 11.3 Å². The molecular formula is C17H23ClN2S. The van der Waals surface area contributed by atoms with Gasteiger partial charge in [0.15, 0.2) is 0 Å². The second kappa shape index (κ2) is 7.41. The van der Waals surface area contributed by atoms with Gasteiger partial charge in [-0.05, 0) is 49.4 Å². The molecule has 2 rings (SSSR count). The van der Waals surface area contributed by atoms with E-state index < -0.39 is 0 Å². The summed E-state index contributed by atoms with van der Waals surface area (Å²) in [5.41, 5.74) is 8.37. The van der Waals surface area contributed by atoms with Crippen LogP contribution in [-0.2, 0) is 6.54 Å². The first-order valence-electron chi connectivity index (χ1n) is 7.27. The first-order chi connectivity index (χ1) is 10.0. The number of benzene rings is 1. The highest BCUT2D eigenvalue weighted by atomic mass is 35.5. The number of hydrogen-bond donors (Lipinski definition) is 1. The molecule has 0 saturated carbocycles. The predicted octanol–water partition coefficient (Wildman–Crippen LogP) is 4.62. The third kappa shape index (κ3) is 4.07. The Kier molecular flexibility index (Phi) is 5.82. The van der Waals surface area contributed by atoms with Crippen molar-refractivity contribution in [2.75, 3.05) is 6.54 Å². The number of aryl methyl sites for hydroxylation is 1. The lowest BCUT2D eigenvalue weighted by atomic mass is 10.0. The van der Waals surface area contributed by atoms with Crippen LogP contribution >= 0.6 is 22.9 Å². The number of thiophene rings is 1. The van der Waals surface area contributed by atoms with E-state index in [4.69, 9.17) is 17.3 Å². The Morgan fingerprint density at radius 1 is 1.29 bits per heavy atom. The molecule has 1 aromatic heterocycles. The topological polar surface area (TPSA) is 29.3 Å². The van der Waals surface area contributed by atoms with Crippen LogP contribution in [0.2, 0.25) is 5.02 Å². The molecule has 0 fully saturated rings. The lowest BCUT2D eigenvalue weighted by Gasteiger charge is -2.34. The number of nitrogens with zero attached hydrogens (tertiary/aromatic N) is 1. The van der Waals surface area contributed by atoms with Crippen molar-refractivity contribution in [1.29, 1.82) is 0 Å². The molecule has 21 heavy (non-hydrogen) atoms. The molecule has 1 aromatic carbocycles. The molecule has 1 atom stereocenters. The molecule has 2 nitrogen and oxygen atoms in total. The normalized spacial score (nSPS) is 13.1. The summed E-state index contributed by atoms with van der Waals surface area (Å²) in [5.74, 6) is 0. The van der Waals surface area contributed by atoms with Crippen LogP contribution in [-0.4, -0.2) is 17.5 Å². The SMILES string of the molecule is Cc1ccc(C(CN)N(Cc2cccs2)C(C)C)cc1Cl. The summed E-state index contributed by atoms with van der Waals surface area (Å²) < 4.78 is 0. The van der Waals surface area contributed by atoms with Crippen LogP contribution < -0.4 is 5.73 Å². The van der Waals surface area contributed by atoms with Gasteiger partial charge in [-0.1, -0.05) is 29.8 Å². The maximum atomic E-state index is 6.28. The van der Waals surface area contributed by atoms with Crippen molar-refractivity contribution in [2.45, 2.75) is 39.4 Å². The number of rotatable bonds is 6. The minimum absolute atomic E-state index is 0.185. The molecule has 0 amide bonds. The van der Waals surface area contributed by atoms with Gasteiger partial charge in [-0.2, -0.15) is 0 Å². The van der Waals surface area contributed by atoms with E-state index in [9.17, 15) is 0 Å². The highest BCUT2D eigenvalue weighted by molar-refractivity contribution is 7.09. The molecule has 114 valence electrons. The Bertz CT molecular complexity index is 566. The minimum atomic E-state index is 0.185. The fraction of sp³-hybridized carbons (Fsp3) is 0.412. The van der Waals surface area contributed by atoms with Crippen molar-refractivity contribution < 1.29 is 0 Å². The van der Waals surface area contributed by atoms with Gasteiger partial charge in [0.1, 0.15) is 0 Å². The molecule has 0 aliphatic heterocycles. The molecule has 0 aliphatic rings. The van der Waals surface area contributed by atoms with Gasteiger partial charge < -0.3 is 5.73 Å². The van der Waals surface area contributed by atoms with Gasteiger partial charge in [0.2, 0.25) is 0 Å². The Morgan fingerprint density at radius 3 is 2.57 bits per heavy atom. The second-order valence-electron chi connectivity index (χ2n) is 5.61. The van der Waals surface area contributed by atoms with Crippen molar-refractivity contribution >= 4 is 22.9 Å². The number of halogens is 1. The fourth-order valence-corrected chi connectivity index (χ4v) is 3.42. The van der Waals surface area contributed by atoms with Gasteiger partial charge in [0, 0.05) is 35.1 Å². The van der Waals surface area contributed by atoms with E-state index in [1.807, 2.05) is 6.92 Å². The molecule has 4 heteroatoms. The first kappa shape index (κ1) is 16.5. The molecular weight excluding hydrogens is 300 g/mol. The van der Waals surface area contributed by atoms with Gasteiger partial charge in [0.05, 0.1) is 0 Å². The van der Waals surface area contributed by atoms with E-state index in [2.05, 4.69) is 54.5 Å². The van der Waals surface area contributed by atoms with Crippen molar-refractivity contribution in [3.8, 4) is 0 Å². The molecule has 0 saturated heterocycles. The summed E-state index contributed by atoms with van der Waals surface area (Å²) >= 11 is 8.07. The van der Waals surface area contributed by atoms with Gasteiger partial charge in [-0.3, -0.25) is 4.90 Å². The average Bonchev–Trinajstić information content (AvgIpc) is 2.95. The molecule has 0 aliphatic carbocycles. The van der Waals surface area contributed by atoms with E-state index in [1.54, 1.807) is 11.3 Å². The highest BCUT2D eigenvalue weighted by Crippen LogP contribution is 2.28. The summed E-state index contributed by atoms with van der Waals surface area (Å²) in [5, 5.41) is 2.93. The van der Waals surface area contributed by atoms with Crippen molar-refractivity contribution in [3.05, 3.63) is 56.7 Å². The lowest BCUT2D eigenvalue weighted by molar-refractivity contribution is 0.149. The maximum absolute atomic E-state index is 6.28. The van der Waals surface area contributed by atoms with Crippen LogP contribution in [0.3, 0.4) is 0 Å². The van der Waals surface area contributed by atoms with Gasteiger partial charge >= 0.3 is 0 Å². The van der Waals surface area contributed by atoms with E-state index in [1.165, 1.54) is 10.4 Å². The zero-order chi connectivity index (χ0) is 15.4. The summed E-state index contributed by atoms with van der Waals surface area (Å²) in [4.78, 5) is 3.80. The minimum Gasteiger partial charge on any atom is -0.329 e. The summed E-state index contributed by atoms with van der Waals surface area (Å²) in [7, 11) is 0. The average molecular weight is 323 g/mol. The zero-order valence-electron chi connectivity index (χ0n) is 12.8. The Labute approximate surface area is 136 Å². The molecule has 0 bridgehead atoms. The number of hydrogen-bond acceptors (Lipinski definition) is 3. The Morgan fingerprint density at radius 2 is 2.05 bits per heavy atom. The molecule has 2 aromatic rings. The van der Waals surface area contributed by atoms with E-state index in [0.717, 1.165) is 17.1 Å². The van der Waals surface area contributed by atoms with E-state index in [0.29, 0.717) is 12.6 Å². The standard InChI is InChI=1S/C17H23ClN2S/c1-12(2)20(11-15-5-4-8-21-15)17(10-19)14-7-6-13(3)16(18)9-14/h4-9,12,17H,10-11,19H2,1-3H3. The van der Waals surface area contributed by atoms with Crippen LogP contribution in [0.25, 0.3) is 0 Å². The quantitative estimate of drug-likeness (QED) is 0.840. The van der Waals surface area contributed by atoms with Crippen LogP contribution in [0.1, 0.15) is 35.9 Å². The lowest BCUT2D eigenvalue weighted by Crippen LogP contribution is -2.38. The van der Waals surface area contributed by atoms with Crippen molar-refractivity contribution in [2.24, 2.45) is 5.73 Å². The largest absolute Gasteiger partial charge is 0.329 e. The van der Waals surface area contributed by atoms with Gasteiger partial charge in [0.25, 0.3) is 0 Å². The third-order valence-electron chi connectivity index (χ3n) is 3.79. The summed E-state index contributed by atoms with van der Waals surface area (Å²) in [6.07, 6.45) is 0. The molecule has 2 N–H and O–H groups in total. The van der Waals surface area contributed by atoms with Gasteiger partial charge in [-0.25, -0.2) is 0 Å². The third-order valence-corrected chi connectivity index (χ3v) is 5.05. The predicted molar refractivity (Wildman–Crippen MR) is 93.0 cm³/mol. The fourth-order valence-electron chi connectivity index (χ4n) is 2.51. The molecule has 1 heterocycles. The van der Waals surface area contributed by atoms with Crippen LogP contribution in [0.15, 0.2) is 35.7 Å². The second-order valence-corrected chi connectivity index (χ2v) is 7.05. The van der Waals surface area contributed by atoms with Crippen LogP contribution in [0, 0.1) is 6.92 Å². The van der Waals surface area contributed by atoms with Crippen molar-refractivity contribution in [1.82, 2.24) is 4.90 Å². The molecule has 1 unspecified atom stereocenters. The Hall–Kier alpha value is -0.870. The smallest absolute Gasteiger partial charge is 0.0477 e. The monoisotopic (exact) mass is 322 g/mol. The van der Waals surface area contributed by atoms with E-state index in [-0.39, 0.29) is 6.04 Å². The van der Waals surface area contributed by atoms with Crippen LogP contribution in [0.4, 0.5) is 0 Å². The maximum Gasteiger partial charge on any atom is 0.0477 e. The highest BCUT2D eigenvalue weighted by Gasteiger charge is 2.22. The number of nitrogens with two attached hydrogens (primary N) is 1. The van der Waals surface area contributed by atoms with E-state index >= 15 is 0 Å².